The van der Waals surface area contributed by atoms with Crippen LogP contribution in [-0.4, -0.2) is 24.7 Å². The van der Waals surface area contributed by atoms with E-state index in [-0.39, 0.29) is 22.0 Å². The van der Waals surface area contributed by atoms with Crippen LogP contribution < -0.4 is 4.72 Å². The monoisotopic (exact) mass is 324 g/mol. The lowest BCUT2D eigenvalue weighted by molar-refractivity contribution is 0.561. The Morgan fingerprint density at radius 1 is 1.48 bits per heavy atom. The lowest BCUT2D eigenvalue weighted by atomic mass is 10.2. The summed E-state index contributed by atoms with van der Waals surface area (Å²) in [5.74, 6) is 0. The number of nitriles is 1. The highest BCUT2D eigenvalue weighted by Crippen LogP contribution is 2.22. The van der Waals surface area contributed by atoms with Crippen molar-refractivity contribution in [2.75, 3.05) is 6.54 Å². The zero-order valence-corrected chi connectivity index (χ0v) is 12.8. The lowest BCUT2D eigenvalue weighted by Crippen LogP contribution is -2.27. The van der Waals surface area contributed by atoms with E-state index in [1.165, 1.54) is 18.2 Å². The molecule has 2 aromatic rings. The van der Waals surface area contributed by atoms with Crippen LogP contribution in [0.3, 0.4) is 0 Å². The summed E-state index contributed by atoms with van der Waals surface area (Å²) in [5, 5.41) is 13.0. The maximum atomic E-state index is 12.2. The second kappa shape index (κ2) is 6.26. The van der Waals surface area contributed by atoms with Crippen molar-refractivity contribution in [1.29, 1.82) is 5.26 Å². The van der Waals surface area contributed by atoms with Gasteiger partial charge >= 0.3 is 0 Å². The second-order valence-corrected chi connectivity index (χ2v) is 6.58. The molecule has 0 bridgehead atoms. The molecule has 1 N–H and O–H groups in total. The highest BCUT2D eigenvalue weighted by molar-refractivity contribution is 7.89. The third-order valence-corrected chi connectivity index (χ3v) is 4.69. The Labute approximate surface area is 128 Å². The first-order valence-corrected chi connectivity index (χ1v) is 7.97. The summed E-state index contributed by atoms with van der Waals surface area (Å²) < 4.78 is 28.5. The van der Waals surface area contributed by atoms with E-state index in [1.54, 1.807) is 10.9 Å². The molecule has 0 aliphatic heterocycles. The van der Waals surface area contributed by atoms with E-state index in [9.17, 15) is 8.42 Å². The summed E-state index contributed by atoms with van der Waals surface area (Å²) in [6.45, 7) is 2.49. The first kappa shape index (κ1) is 15.5. The second-order valence-electron chi connectivity index (χ2n) is 4.44. The molecule has 0 spiro atoms. The molecule has 0 unspecified atom stereocenters. The van der Waals surface area contributed by atoms with E-state index < -0.39 is 10.0 Å². The molecule has 0 fully saturated rings. The van der Waals surface area contributed by atoms with E-state index in [2.05, 4.69) is 9.82 Å². The van der Waals surface area contributed by atoms with Gasteiger partial charge in [0.2, 0.25) is 10.0 Å². The van der Waals surface area contributed by atoms with Gasteiger partial charge in [-0.3, -0.25) is 4.68 Å². The summed E-state index contributed by atoms with van der Waals surface area (Å²) >= 11 is 5.89. The average molecular weight is 325 g/mol. The summed E-state index contributed by atoms with van der Waals surface area (Å²) in [5.41, 5.74) is 1.24. The molecule has 0 radical (unpaired) electrons. The van der Waals surface area contributed by atoms with Crippen LogP contribution in [0.5, 0.6) is 0 Å². The van der Waals surface area contributed by atoms with Crippen LogP contribution in [0, 0.1) is 18.3 Å². The Morgan fingerprint density at radius 3 is 2.86 bits per heavy atom. The van der Waals surface area contributed by atoms with Crippen LogP contribution in [-0.2, 0) is 16.6 Å². The van der Waals surface area contributed by atoms with Crippen LogP contribution in [0.25, 0.3) is 0 Å². The predicted octanol–water partition coefficient (Wildman–Crippen LogP) is 1.70. The predicted molar refractivity (Wildman–Crippen MR) is 78.3 cm³/mol. The Kier molecular flexibility index (Phi) is 4.63. The van der Waals surface area contributed by atoms with Gasteiger partial charge in [0.25, 0.3) is 0 Å². The molecular weight excluding hydrogens is 312 g/mol. The Bertz CT molecular complexity index is 793. The number of aryl methyl sites for hydroxylation is 1. The molecule has 0 atom stereocenters. The molecule has 110 valence electrons. The fourth-order valence-corrected chi connectivity index (χ4v) is 3.29. The van der Waals surface area contributed by atoms with Crippen molar-refractivity contribution in [3.05, 3.63) is 46.7 Å². The van der Waals surface area contributed by atoms with Crippen molar-refractivity contribution in [1.82, 2.24) is 14.5 Å². The van der Waals surface area contributed by atoms with Gasteiger partial charge < -0.3 is 0 Å². The van der Waals surface area contributed by atoms with Crippen molar-refractivity contribution in [2.24, 2.45) is 0 Å². The van der Waals surface area contributed by atoms with Crippen molar-refractivity contribution >= 4 is 21.6 Å². The van der Waals surface area contributed by atoms with E-state index >= 15 is 0 Å². The van der Waals surface area contributed by atoms with Crippen LogP contribution in [0.4, 0.5) is 0 Å². The number of halogens is 1. The Balaban J connectivity index is 2.10. The topological polar surface area (TPSA) is 87.8 Å². The summed E-state index contributed by atoms with van der Waals surface area (Å²) in [6, 6.07) is 6.00. The van der Waals surface area contributed by atoms with Gasteiger partial charge in [0, 0.05) is 12.7 Å². The number of aromatic nitrogens is 2. The van der Waals surface area contributed by atoms with Gasteiger partial charge in [0.15, 0.2) is 0 Å². The third kappa shape index (κ3) is 3.82. The minimum Gasteiger partial charge on any atom is -0.271 e. The maximum absolute atomic E-state index is 12.2. The summed E-state index contributed by atoms with van der Waals surface area (Å²) in [4.78, 5) is -0.0973. The fourth-order valence-electron chi connectivity index (χ4n) is 1.74. The molecule has 0 saturated carbocycles. The molecule has 8 heteroatoms. The summed E-state index contributed by atoms with van der Waals surface area (Å²) in [7, 11) is -3.76. The van der Waals surface area contributed by atoms with Gasteiger partial charge in [-0.1, -0.05) is 11.6 Å². The number of sulfonamides is 1. The van der Waals surface area contributed by atoms with Crippen molar-refractivity contribution in [2.45, 2.75) is 18.4 Å². The molecule has 21 heavy (non-hydrogen) atoms. The molecule has 0 aliphatic carbocycles. The summed E-state index contributed by atoms with van der Waals surface area (Å²) in [6.07, 6.45) is 3.51. The highest BCUT2D eigenvalue weighted by Gasteiger charge is 2.18. The Hall–Kier alpha value is -1.88. The van der Waals surface area contributed by atoms with Crippen LogP contribution in [0.2, 0.25) is 5.02 Å². The number of nitrogens with zero attached hydrogens (tertiary/aromatic N) is 3. The van der Waals surface area contributed by atoms with E-state index in [0.29, 0.717) is 6.54 Å². The van der Waals surface area contributed by atoms with Gasteiger partial charge in [-0.2, -0.15) is 10.4 Å². The SMILES string of the molecule is Cc1cnn(CCNS(=O)(=O)c2cc(C#N)ccc2Cl)c1. The largest absolute Gasteiger partial charge is 0.271 e. The van der Waals surface area contributed by atoms with Gasteiger partial charge in [0.05, 0.1) is 29.4 Å². The lowest BCUT2D eigenvalue weighted by Gasteiger charge is -2.08. The van der Waals surface area contributed by atoms with Crippen molar-refractivity contribution in [3.63, 3.8) is 0 Å². The normalized spacial score (nSPS) is 11.3. The smallest absolute Gasteiger partial charge is 0.242 e. The molecule has 1 aromatic heterocycles. The zero-order valence-electron chi connectivity index (χ0n) is 11.2. The first-order chi connectivity index (χ1) is 9.92. The molecule has 6 nitrogen and oxygen atoms in total. The molecule has 1 aromatic carbocycles. The first-order valence-electron chi connectivity index (χ1n) is 6.11. The maximum Gasteiger partial charge on any atom is 0.242 e. The number of rotatable bonds is 5. The molecule has 0 aliphatic rings. The highest BCUT2D eigenvalue weighted by atomic mass is 35.5. The minimum absolute atomic E-state index is 0.0800. The van der Waals surface area contributed by atoms with E-state index in [0.717, 1.165) is 5.56 Å². The molecule has 0 amide bonds. The third-order valence-electron chi connectivity index (χ3n) is 2.75. The molecular formula is C13H13ClN4O2S. The minimum atomic E-state index is -3.76. The Morgan fingerprint density at radius 2 is 2.24 bits per heavy atom. The number of hydrogen-bond donors (Lipinski definition) is 1. The standard InChI is InChI=1S/C13H13ClN4O2S/c1-10-8-16-18(9-10)5-4-17-21(19,20)13-6-11(7-15)2-3-12(13)14/h2-3,6,8-9,17H,4-5H2,1H3. The number of hydrogen-bond acceptors (Lipinski definition) is 4. The quantitative estimate of drug-likeness (QED) is 0.906. The van der Waals surface area contributed by atoms with Crippen molar-refractivity contribution in [3.8, 4) is 6.07 Å². The van der Waals surface area contributed by atoms with Crippen molar-refractivity contribution < 1.29 is 8.42 Å². The average Bonchev–Trinajstić information content (AvgIpc) is 2.84. The van der Waals surface area contributed by atoms with Gasteiger partial charge in [-0.25, -0.2) is 13.1 Å². The van der Waals surface area contributed by atoms with Crippen LogP contribution in [0.1, 0.15) is 11.1 Å². The fraction of sp³-hybridized carbons (Fsp3) is 0.231. The molecule has 0 saturated heterocycles. The van der Waals surface area contributed by atoms with E-state index in [4.69, 9.17) is 16.9 Å². The molecule has 1 heterocycles. The zero-order chi connectivity index (χ0) is 15.5. The van der Waals surface area contributed by atoms with Crippen LogP contribution in [0.15, 0.2) is 35.5 Å². The van der Waals surface area contributed by atoms with E-state index in [1.807, 2.05) is 19.2 Å². The number of nitrogens with one attached hydrogen (secondary N) is 1. The van der Waals surface area contributed by atoms with Gasteiger partial charge in [-0.05, 0) is 30.7 Å². The number of benzene rings is 1. The van der Waals surface area contributed by atoms with Gasteiger partial charge in [0.1, 0.15) is 4.90 Å². The molecule has 2 rings (SSSR count). The van der Waals surface area contributed by atoms with Gasteiger partial charge in [-0.15, -0.1) is 0 Å². The van der Waals surface area contributed by atoms with Crippen LogP contribution >= 0.6 is 11.6 Å².